The fraction of sp³-hybridized carbons (Fsp3) is 0.267. The summed E-state index contributed by atoms with van der Waals surface area (Å²) < 4.78 is 13.4. The Morgan fingerprint density at radius 1 is 1.28 bits per heavy atom. The van der Waals surface area contributed by atoms with Gasteiger partial charge in [0.25, 0.3) is 0 Å². The van der Waals surface area contributed by atoms with Crippen LogP contribution in [-0.4, -0.2) is 5.17 Å². The van der Waals surface area contributed by atoms with Crippen molar-refractivity contribution >= 4 is 16.8 Å². The van der Waals surface area contributed by atoms with Gasteiger partial charge in [-0.25, -0.2) is 9.38 Å². The number of aryl methyl sites for hydroxylation is 1. The van der Waals surface area contributed by atoms with Crippen molar-refractivity contribution < 1.29 is 4.39 Å². The van der Waals surface area contributed by atoms with E-state index in [9.17, 15) is 4.39 Å². The molecule has 0 unspecified atom stereocenters. The number of aliphatic imine (C=N–C) groups is 1. The first-order valence-corrected chi connectivity index (χ1v) is 6.43. The van der Waals surface area contributed by atoms with E-state index in [0.29, 0.717) is 24.4 Å². The minimum atomic E-state index is -0.0591. The van der Waals surface area contributed by atoms with Gasteiger partial charge in [0.2, 0.25) is 0 Å². The largest absolute Gasteiger partial charge is 0.240 e. The SMILES string of the molecule is Cc1ccc2c(c1)CC1=C(CCC(F)=C1)N=C2Cl. The van der Waals surface area contributed by atoms with Gasteiger partial charge in [0.05, 0.1) is 0 Å². The molecule has 0 saturated carbocycles. The van der Waals surface area contributed by atoms with Crippen LogP contribution in [0.1, 0.15) is 29.5 Å². The Kier molecular flexibility index (Phi) is 2.83. The van der Waals surface area contributed by atoms with Gasteiger partial charge in [0.1, 0.15) is 11.0 Å². The van der Waals surface area contributed by atoms with Gasteiger partial charge >= 0.3 is 0 Å². The summed E-state index contributed by atoms with van der Waals surface area (Å²) in [7, 11) is 0. The lowest BCUT2D eigenvalue weighted by molar-refractivity contribution is 0.576. The molecule has 0 fully saturated rings. The predicted molar refractivity (Wildman–Crippen MR) is 72.7 cm³/mol. The Morgan fingerprint density at radius 3 is 2.94 bits per heavy atom. The molecule has 1 nitrogen and oxygen atoms in total. The molecule has 1 aromatic rings. The van der Waals surface area contributed by atoms with Crippen molar-refractivity contribution in [2.24, 2.45) is 4.99 Å². The molecule has 1 aliphatic heterocycles. The number of fused-ring (bicyclic) bond motifs is 1. The summed E-state index contributed by atoms with van der Waals surface area (Å²) >= 11 is 6.26. The highest BCUT2D eigenvalue weighted by molar-refractivity contribution is 6.69. The summed E-state index contributed by atoms with van der Waals surface area (Å²) in [5.74, 6) is -0.0591. The van der Waals surface area contributed by atoms with E-state index >= 15 is 0 Å². The van der Waals surface area contributed by atoms with E-state index in [-0.39, 0.29) is 5.83 Å². The van der Waals surface area contributed by atoms with E-state index < -0.39 is 0 Å². The molecule has 3 heteroatoms. The van der Waals surface area contributed by atoms with Crippen molar-refractivity contribution in [1.82, 2.24) is 0 Å². The van der Waals surface area contributed by atoms with Gasteiger partial charge in [-0.3, -0.25) is 0 Å². The second-order valence-electron chi connectivity index (χ2n) is 4.80. The first-order valence-electron chi connectivity index (χ1n) is 6.05. The molecule has 0 atom stereocenters. The fourth-order valence-electron chi connectivity index (χ4n) is 2.48. The summed E-state index contributed by atoms with van der Waals surface area (Å²) in [6.45, 7) is 2.04. The second kappa shape index (κ2) is 4.36. The summed E-state index contributed by atoms with van der Waals surface area (Å²) in [5, 5.41) is 0.519. The van der Waals surface area contributed by atoms with Crippen molar-refractivity contribution in [1.29, 1.82) is 0 Å². The predicted octanol–water partition coefficient (Wildman–Crippen LogP) is 4.44. The minimum Gasteiger partial charge on any atom is -0.240 e. The number of hydrogen-bond acceptors (Lipinski definition) is 1. The highest BCUT2D eigenvalue weighted by Crippen LogP contribution is 2.32. The molecule has 0 bridgehead atoms. The van der Waals surface area contributed by atoms with Crippen LogP contribution >= 0.6 is 11.6 Å². The van der Waals surface area contributed by atoms with Crippen LogP contribution in [0.25, 0.3) is 0 Å². The van der Waals surface area contributed by atoms with Crippen molar-refractivity contribution in [3.63, 3.8) is 0 Å². The molecule has 0 spiro atoms. The molecule has 1 heterocycles. The van der Waals surface area contributed by atoms with Crippen LogP contribution in [-0.2, 0) is 6.42 Å². The van der Waals surface area contributed by atoms with Crippen LogP contribution in [0.15, 0.2) is 46.4 Å². The van der Waals surface area contributed by atoms with Crippen molar-refractivity contribution in [2.45, 2.75) is 26.2 Å². The number of rotatable bonds is 0. The van der Waals surface area contributed by atoms with Crippen molar-refractivity contribution in [3.8, 4) is 0 Å². The third-order valence-electron chi connectivity index (χ3n) is 3.40. The molecule has 1 aromatic carbocycles. The topological polar surface area (TPSA) is 12.4 Å². The summed E-state index contributed by atoms with van der Waals surface area (Å²) in [6, 6.07) is 6.12. The lowest BCUT2D eigenvalue weighted by Crippen LogP contribution is -1.99. The van der Waals surface area contributed by atoms with Gasteiger partial charge in [0.15, 0.2) is 0 Å². The number of halogens is 2. The van der Waals surface area contributed by atoms with Crippen LogP contribution < -0.4 is 0 Å². The monoisotopic (exact) mass is 261 g/mol. The highest BCUT2D eigenvalue weighted by atomic mass is 35.5. The third-order valence-corrected chi connectivity index (χ3v) is 3.69. The Bertz CT molecular complexity index is 611. The Morgan fingerprint density at radius 2 is 2.11 bits per heavy atom. The molecule has 18 heavy (non-hydrogen) atoms. The van der Waals surface area contributed by atoms with Gasteiger partial charge in [0, 0.05) is 24.1 Å². The zero-order valence-electron chi connectivity index (χ0n) is 10.1. The first kappa shape index (κ1) is 11.7. The molecular formula is C15H13ClFN. The van der Waals surface area contributed by atoms with Crippen LogP contribution in [0.2, 0.25) is 0 Å². The molecule has 92 valence electrons. The molecule has 0 saturated heterocycles. The number of allylic oxidation sites excluding steroid dienone is 4. The van der Waals surface area contributed by atoms with Crippen LogP contribution in [0.3, 0.4) is 0 Å². The van der Waals surface area contributed by atoms with Crippen LogP contribution in [0.5, 0.6) is 0 Å². The Hall–Kier alpha value is -1.41. The summed E-state index contributed by atoms with van der Waals surface area (Å²) in [4.78, 5) is 4.45. The third kappa shape index (κ3) is 2.01. The van der Waals surface area contributed by atoms with Crippen molar-refractivity contribution in [2.75, 3.05) is 0 Å². The molecule has 0 N–H and O–H groups in total. The van der Waals surface area contributed by atoms with E-state index in [1.807, 2.05) is 19.1 Å². The maximum Gasteiger partial charge on any atom is 0.136 e. The minimum absolute atomic E-state index is 0.0591. The van der Waals surface area contributed by atoms with Crippen LogP contribution in [0, 0.1) is 6.92 Å². The van der Waals surface area contributed by atoms with Crippen molar-refractivity contribution in [3.05, 3.63) is 58.1 Å². The van der Waals surface area contributed by atoms with Gasteiger partial charge in [-0.2, -0.15) is 0 Å². The van der Waals surface area contributed by atoms with E-state index in [4.69, 9.17) is 11.6 Å². The number of benzene rings is 1. The first-order chi connectivity index (χ1) is 8.63. The van der Waals surface area contributed by atoms with Crippen LogP contribution in [0.4, 0.5) is 4.39 Å². The van der Waals surface area contributed by atoms with E-state index in [0.717, 1.165) is 22.4 Å². The highest BCUT2D eigenvalue weighted by Gasteiger charge is 2.20. The zero-order chi connectivity index (χ0) is 12.7. The number of nitrogens with zero attached hydrogens (tertiary/aromatic N) is 1. The van der Waals surface area contributed by atoms with E-state index in [1.165, 1.54) is 5.56 Å². The maximum atomic E-state index is 13.4. The Balaban J connectivity index is 2.15. The smallest absolute Gasteiger partial charge is 0.136 e. The molecule has 2 aliphatic rings. The number of hydrogen-bond donors (Lipinski definition) is 0. The lowest BCUT2D eigenvalue weighted by atomic mass is 9.94. The zero-order valence-corrected chi connectivity index (χ0v) is 10.9. The molecular weight excluding hydrogens is 249 g/mol. The molecule has 0 radical (unpaired) electrons. The normalized spacial score (nSPS) is 18.6. The maximum absolute atomic E-state index is 13.4. The lowest BCUT2D eigenvalue weighted by Gasteiger charge is -2.12. The molecule has 1 aliphatic carbocycles. The van der Waals surface area contributed by atoms with Gasteiger partial charge in [-0.15, -0.1) is 0 Å². The second-order valence-corrected chi connectivity index (χ2v) is 5.16. The molecule has 0 aromatic heterocycles. The molecule has 3 rings (SSSR count). The summed E-state index contributed by atoms with van der Waals surface area (Å²) in [5.41, 5.74) is 5.16. The average molecular weight is 262 g/mol. The Labute approximate surface area is 111 Å². The average Bonchev–Trinajstić information content (AvgIpc) is 2.44. The fourth-order valence-corrected chi connectivity index (χ4v) is 2.76. The van der Waals surface area contributed by atoms with E-state index in [1.54, 1.807) is 6.08 Å². The summed E-state index contributed by atoms with van der Waals surface area (Å²) in [6.07, 6.45) is 3.39. The van der Waals surface area contributed by atoms with Gasteiger partial charge in [-0.1, -0.05) is 35.4 Å². The standard InChI is InChI=1S/C15H13ClFN/c1-9-2-4-13-10(6-9)7-11-8-12(17)3-5-14(11)18-15(13)16/h2,4,6,8H,3,5,7H2,1H3. The quantitative estimate of drug-likeness (QED) is 0.655. The molecule has 0 amide bonds. The van der Waals surface area contributed by atoms with Gasteiger partial charge < -0.3 is 0 Å². The van der Waals surface area contributed by atoms with E-state index in [2.05, 4.69) is 11.1 Å². The van der Waals surface area contributed by atoms with Gasteiger partial charge in [-0.05, 0) is 30.6 Å².